The number of aryl methyl sites for hydroxylation is 2. The van der Waals surface area contributed by atoms with E-state index in [2.05, 4.69) is 9.97 Å². The molecule has 38 heavy (non-hydrogen) atoms. The Bertz CT molecular complexity index is 1430. The molecule has 0 atom stereocenters. The van der Waals surface area contributed by atoms with Gasteiger partial charge in [0.15, 0.2) is 0 Å². The topological polar surface area (TPSA) is 94.9 Å². The van der Waals surface area contributed by atoms with Gasteiger partial charge in [0.2, 0.25) is 0 Å². The number of hydrogen-bond acceptors (Lipinski definition) is 5. The molecule has 0 bridgehead atoms. The number of rotatable bonds is 3. The summed E-state index contributed by atoms with van der Waals surface area (Å²) < 4.78 is 74.6. The third kappa shape index (κ3) is 6.84. The summed E-state index contributed by atoms with van der Waals surface area (Å²) in [5.74, 6) is 0. The number of nitrogen functional groups attached to an aromatic ring is 1. The van der Waals surface area contributed by atoms with Gasteiger partial charge in [-0.1, -0.05) is 24.3 Å². The Labute approximate surface area is 212 Å². The molecular weight excluding hydrogens is 514 g/mol. The van der Waals surface area contributed by atoms with Gasteiger partial charge in [-0.15, -0.1) is 0 Å². The first-order chi connectivity index (χ1) is 17.7. The summed E-state index contributed by atoms with van der Waals surface area (Å²) in [7, 11) is 0. The predicted octanol–water partition coefficient (Wildman–Crippen LogP) is 7.64. The van der Waals surface area contributed by atoms with Crippen LogP contribution < -0.4 is 5.73 Å². The van der Waals surface area contributed by atoms with Gasteiger partial charge in [0, 0.05) is 17.2 Å². The van der Waals surface area contributed by atoms with Crippen molar-refractivity contribution in [3.8, 4) is 22.5 Å². The van der Waals surface area contributed by atoms with E-state index >= 15 is 0 Å². The van der Waals surface area contributed by atoms with Gasteiger partial charge in [-0.25, -0.2) is 4.98 Å². The van der Waals surface area contributed by atoms with Gasteiger partial charge in [-0.3, -0.25) is 15.1 Å². The second-order valence-corrected chi connectivity index (χ2v) is 8.20. The van der Waals surface area contributed by atoms with Crippen LogP contribution in [-0.2, 0) is 12.4 Å². The average molecular weight is 534 g/mol. The lowest BCUT2D eigenvalue weighted by molar-refractivity contribution is -0.385. The zero-order chi connectivity index (χ0) is 28.3. The summed E-state index contributed by atoms with van der Waals surface area (Å²) >= 11 is 0. The molecule has 0 amide bonds. The summed E-state index contributed by atoms with van der Waals surface area (Å²) in [5.41, 5.74) is 8.06. The van der Waals surface area contributed by atoms with Crippen molar-refractivity contribution >= 4 is 11.4 Å². The number of hydrogen-bond donors (Lipinski definition) is 1. The third-order valence-corrected chi connectivity index (χ3v) is 5.35. The number of anilines is 1. The Kier molecular flexibility index (Phi) is 8.04. The first-order valence-corrected chi connectivity index (χ1v) is 10.8. The SMILES string of the molecule is Cc1cc(N)cnc1-c1ccc(C(F)(F)F)cc1.Cc1cc([N+](=O)[O-])cnc1-c1ccc(C(F)(F)F)cc1. The minimum atomic E-state index is -4.39. The van der Waals surface area contributed by atoms with Crippen LogP contribution in [0.25, 0.3) is 22.5 Å². The van der Waals surface area contributed by atoms with Crippen molar-refractivity contribution in [1.29, 1.82) is 0 Å². The fourth-order valence-electron chi connectivity index (χ4n) is 3.49. The van der Waals surface area contributed by atoms with Crippen LogP contribution in [-0.4, -0.2) is 14.9 Å². The Morgan fingerprint density at radius 1 is 0.711 bits per heavy atom. The van der Waals surface area contributed by atoms with Crippen LogP contribution in [0.15, 0.2) is 73.1 Å². The van der Waals surface area contributed by atoms with Crippen LogP contribution in [0, 0.1) is 24.0 Å². The fourth-order valence-corrected chi connectivity index (χ4v) is 3.49. The highest BCUT2D eigenvalue weighted by molar-refractivity contribution is 5.65. The molecule has 0 aliphatic rings. The summed E-state index contributed by atoms with van der Waals surface area (Å²) in [6, 6.07) is 12.5. The van der Waals surface area contributed by atoms with E-state index in [9.17, 15) is 36.5 Å². The quantitative estimate of drug-likeness (QED) is 0.166. The van der Waals surface area contributed by atoms with Gasteiger partial charge >= 0.3 is 12.4 Å². The first-order valence-electron chi connectivity index (χ1n) is 10.8. The van der Waals surface area contributed by atoms with Gasteiger partial charge in [0.25, 0.3) is 5.69 Å². The maximum atomic E-state index is 12.5. The van der Waals surface area contributed by atoms with E-state index in [0.29, 0.717) is 33.8 Å². The van der Waals surface area contributed by atoms with Crippen molar-refractivity contribution in [1.82, 2.24) is 9.97 Å². The summed E-state index contributed by atoms with van der Waals surface area (Å²) in [6.45, 7) is 3.43. The lowest BCUT2D eigenvalue weighted by atomic mass is 10.0. The van der Waals surface area contributed by atoms with Crippen LogP contribution in [0.2, 0.25) is 0 Å². The molecule has 2 N–H and O–H groups in total. The number of nitrogens with zero attached hydrogens (tertiary/aromatic N) is 3. The second kappa shape index (κ2) is 10.9. The molecule has 6 nitrogen and oxygen atoms in total. The summed E-state index contributed by atoms with van der Waals surface area (Å²) in [4.78, 5) is 18.1. The minimum Gasteiger partial charge on any atom is -0.397 e. The van der Waals surface area contributed by atoms with E-state index in [1.165, 1.54) is 36.5 Å². The highest BCUT2D eigenvalue weighted by atomic mass is 19.4. The Hall–Kier alpha value is -4.48. The molecule has 0 radical (unpaired) electrons. The number of nitro groups is 1. The van der Waals surface area contributed by atoms with Crippen LogP contribution >= 0.6 is 0 Å². The van der Waals surface area contributed by atoms with Crippen molar-refractivity contribution in [2.45, 2.75) is 26.2 Å². The maximum absolute atomic E-state index is 12.5. The van der Waals surface area contributed by atoms with E-state index in [4.69, 9.17) is 5.73 Å². The summed E-state index contributed by atoms with van der Waals surface area (Å²) in [6.07, 6.45) is -6.14. The van der Waals surface area contributed by atoms with Crippen molar-refractivity contribution < 1.29 is 31.3 Å². The van der Waals surface area contributed by atoms with Gasteiger partial charge in [0.1, 0.15) is 6.20 Å². The Morgan fingerprint density at radius 3 is 1.45 bits per heavy atom. The molecule has 2 aromatic heterocycles. The number of aromatic nitrogens is 2. The Balaban J connectivity index is 0.000000212. The standard InChI is InChI=1S/C13H9F3N2O2.C13H11F3N2/c1-8-6-11(18(19)20)7-17-12(8)9-2-4-10(5-3-9)13(14,15)16;1-8-6-11(17)7-18-12(8)9-2-4-10(5-3-9)13(14,15)16/h2-7H,1H3;2-7H,17H2,1H3. The molecule has 0 fully saturated rings. The molecule has 0 aliphatic heterocycles. The number of pyridine rings is 2. The molecule has 0 unspecified atom stereocenters. The molecule has 2 aromatic carbocycles. The molecule has 0 spiro atoms. The zero-order valence-electron chi connectivity index (χ0n) is 19.9. The van der Waals surface area contributed by atoms with E-state index in [-0.39, 0.29) is 5.69 Å². The molecule has 4 rings (SSSR count). The number of benzene rings is 2. The highest BCUT2D eigenvalue weighted by Crippen LogP contribution is 2.32. The van der Waals surface area contributed by atoms with Crippen LogP contribution in [0.1, 0.15) is 22.3 Å². The average Bonchev–Trinajstić information content (AvgIpc) is 2.83. The largest absolute Gasteiger partial charge is 0.416 e. The van der Waals surface area contributed by atoms with Gasteiger partial charge in [-0.05, 0) is 55.3 Å². The first kappa shape index (κ1) is 28.1. The third-order valence-electron chi connectivity index (χ3n) is 5.35. The molecule has 2 heterocycles. The molecule has 198 valence electrons. The van der Waals surface area contributed by atoms with Crippen molar-refractivity contribution in [2.75, 3.05) is 5.73 Å². The Morgan fingerprint density at radius 2 is 1.11 bits per heavy atom. The van der Waals surface area contributed by atoms with Crippen LogP contribution in [0.5, 0.6) is 0 Å². The molecule has 12 heteroatoms. The maximum Gasteiger partial charge on any atom is 0.416 e. The fraction of sp³-hybridized carbons (Fsp3) is 0.154. The van der Waals surface area contributed by atoms with E-state index < -0.39 is 28.4 Å². The van der Waals surface area contributed by atoms with Crippen LogP contribution in [0.4, 0.5) is 37.7 Å². The lowest BCUT2D eigenvalue weighted by Crippen LogP contribution is -2.04. The van der Waals surface area contributed by atoms with Gasteiger partial charge in [-0.2, -0.15) is 26.3 Å². The van der Waals surface area contributed by atoms with E-state index in [1.807, 2.05) is 6.92 Å². The van der Waals surface area contributed by atoms with E-state index in [0.717, 1.165) is 36.0 Å². The number of nitrogens with two attached hydrogens (primary N) is 1. The summed E-state index contributed by atoms with van der Waals surface area (Å²) in [5, 5.41) is 10.6. The lowest BCUT2D eigenvalue weighted by Gasteiger charge is -2.09. The van der Waals surface area contributed by atoms with Gasteiger partial charge in [0.05, 0.1) is 39.3 Å². The molecule has 0 saturated heterocycles. The van der Waals surface area contributed by atoms with E-state index in [1.54, 1.807) is 13.0 Å². The van der Waals surface area contributed by atoms with Crippen LogP contribution in [0.3, 0.4) is 0 Å². The second-order valence-electron chi connectivity index (χ2n) is 8.20. The highest BCUT2D eigenvalue weighted by Gasteiger charge is 2.30. The molecule has 4 aromatic rings. The molecular formula is C26H20F6N4O2. The smallest absolute Gasteiger partial charge is 0.397 e. The van der Waals surface area contributed by atoms with Crippen molar-refractivity contribution in [3.63, 3.8) is 0 Å². The normalized spacial score (nSPS) is 11.5. The van der Waals surface area contributed by atoms with Crippen molar-refractivity contribution in [3.05, 3.63) is 105 Å². The van der Waals surface area contributed by atoms with Crippen molar-refractivity contribution in [2.24, 2.45) is 0 Å². The zero-order valence-corrected chi connectivity index (χ0v) is 19.9. The molecule has 0 saturated carbocycles. The minimum absolute atomic E-state index is 0.154. The monoisotopic (exact) mass is 534 g/mol. The molecule has 0 aliphatic carbocycles. The predicted molar refractivity (Wildman–Crippen MR) is 130 cm³/mol. The number of alkyl halides is 6. The number of halogens is 6. The van der Waals surface area contributed by atoms with Gasteiger partial charge < -0.3 is 5.73 Å².